The Kier molecular flexibility index (Phi) is 5.38. The Morgan fingerprint density at radius 3 is 2.11 bits per heavy atom. The van der Waals surface area contributed by atoms with Gasteiger partial charge in [0.25, 0.3) is 5.91 Å². The lowest BCUT2D eigenvalue weighted by Crippen LogP contribution is -2.48. The number of amides is 1. The Morgan fingerprint density at radius 1 is 0.964 bits per heavy atom. The number of rotatable bonds is 3. The second-order valence-electron chi connectivity index (χ2n) is 6.62. The summed E-state index contributed by atoms with van der Waals surface area (Å²) in [5, 5.41) is 0. The van der Waals surface area contributed by atoms with Crippen LogP contribution < -0.4 is 4.90 Å². The number of carbonyl (C=O) groups is 1. The van der Waals surface area contributed by atoms with Crippen LogP contribution in [0.5, 0.6) is 0 Å². The van der Waals surface area contributed by atoms with Gasteiger partial charge in [-0.1, -0.05) is 6.07 Å². The van der Waals surface area contributed by atoms with Crippen LogP contribution in [-0.2, 0) is 16.0 Å². The molecule has 1 saturated heterocycles. The Morgan fingerprint density at radius 2 is 1.57 bits per heavy atom. The van der Waals surface area contributed by atoms with Gasteiger partial charge in [0.2, 0.25) is 0 Å². The Labute approximate surface area is 161 Å². The van der Waals surface area contributed by atoms with Crippen LogP contribution in [0, 0.1) is 0 Å². The maximum atomic E-state index is 12.9. The summed E-state index contributed by atoms with van der Waals surface area (Å²) in [6, 6.07) is 10.9. The summed E-state index contributed by atoms with van der Waals surface area (Å²) >= 11 is 0. The summed E-state index contributed by atoms with van der Waals surface area (Å²) in [7, 11) is -3.33. The first kappa shape index (κ1) is 20.2. The van der Waals surface area contributed by atoms with E-state index >= 15 is 0 Å². The predicted octanol–water partition coefficient (Wildman–Crippen LogP) is 3.07. The molecule has 2 aromatic rings. The van der Waals surface area contributed by atoms with Gasteiger partial charge >= 0.3 is 6.18 Å². The van der Waals surface area contributed by atoms with E-state index in [2.05, 4.69) is 0 Å². The highest BCUT2D eigenvalue weighted by Gasteiger charge is 2.31. The van der Waals surface area contributed by atoms with Crippen molar-refractivity contribution < 1.29 is 26.4 Å². The number of benzene rings is 2. The third kappa shape index (κ3) is 4.46. The van der Waals surface area contributed by atoms with E-state index in [1.807, 2.05) is 4.90 Å². The summed E-state index contributed by atoms with van der Waals surface area (Å²) in [4.78, 5) is 16.2. The van der Waals surface area contributed by atoms with Gasteiger partial charge in [-0.15, -0.1) is 0 Å². The van der Waals surface area contributed by atoms with Crippen molar-refractivity contribution in [2.75, 3.05) is 37.3 Å². The van der Waals surface area contributed by atoms with Gasteiger partial charge in [0.15, 0.2) is 9.84 Å². The van der Waals surface area contributed by atoms with Gasteiger partial charge in [-0.3, -0.25) is 4.79 Å². The first-order chi connectivity index (χ1) is 13.1. The number of nitrogens with zero attached hydrogens (tertiary/aromatic N) is 2. The largest absolute Gasteiger partial charge is 0.416 e. The Hall–Kier alpha value is -2.55. The molecule has 0 aliphatic carbocycles. The van der Waals surface area contributed by atoms with E-state index in [0.29, 0.717) is 37.4 Å². The smallest absolute Gasteiger partial charge is 0.368 e. The van der Waals surface area contributed by atoms with Crippen molar-refractivity contribution in [2.24, 2.45) is 0 Å². The normalized spacial score (nSPS) is 15.6. The molecular formula is C19H19F3N2O3S. The molecule has 1 aliphatic rings. The van der Waals surface area contributed by atoms with Crippen LogP contribution in [0.3, 0.4) is 0 Å². The molecule has 9 heteroatoms. The van der Waals surface area contributed by atoms with Crippen LogP contribution in [0.25, 0.3) is 0 Å². The van der Waals surface area contributed by atoms with E-state index in [1.165, 1.54) is 30.3 Å². The van der Waals surface area contributed by atoms with E-state index in [4.69, 9.17) is 0 Å². The van der Waals surface area contributed by atoms with Gasteiger partial charge in [-0.05, 0) is 42.5 Å². The number of hydrogen-bond donors (Lipinski definition) is 0. The van der Waals surface area contributed by atoms with Crippen molar-refractivity contribution in [3.05, 3.63) is 59.7 Å². The SMILES string of the molecule is CS(=O)(=O)c1ccc(C(=O)N2CCN(c3cccc(C(F)(F)F)c3)CC2)cc1. The highest BCUT2D eigenvalue weighted by atomic mass is 32.2. The lowest BCUT2D eigenvalue weighted by atomic mass is 10.1. The second-order valence-corrected chi connectivity index (χ2v) is 8.64. The first-order valence-corrected chi connectivity index (χ1v) is 10.5. The highest BCUT2D eigenvalue weighted by molar-refractivity contribution is 7.90. The minimum absolute atomic E-state index is 0.137. The molecule has 0 aromatic heterocycles. The van der Waals surface area contributed by atoms with Crippen molar-refractivity contribution >= 4 is 21.4 Å². The van der Waals surface area contributed by atoms with Crippen LogP contribution in [0.1, 0.15) is 15.9 Å². The zero-order valence-electron chi connectivity index (χ0n) is 15.1. The summed E-state index contributed by atoms with van der Waals surface area (Å²) in [5.74, 6) is -0.233. The van der Waals surface area contributed by atoms with E-state index < -0.39 is 21.6 Å². The van der Waals surface area contributed by atoms with Gasteiger partial charge in [0, 0.05) is 43.7 Å². The molecule has 5 nitrogen and oxygen atoms in total. The lowest BCUT2D eigenvalue weighted by molar-refractivity contribution is -0.137. The fourth-order valence-corrected chi connectivity index (χ4v) is 3.70. The fraction of sp³-hybridized carbons (Fsp3) is 0.316. The molecule has 1 fully saturated rings. The lowest BCUT2D eigenvalue weighted by Gasteiger charge is -2.36. The van der Waals surface area contributed by atoms with Crippen molar-refractivity contribution in [3.63, 3.8) is 0 Å². The first-order valence-electron chi connectivity index (χ1n) is 8.57. The quantitative estimate of drug-likeness (QED) is 0.778. The number of halogens is 3. The molecule has 1 heterocycles. The predicted molar refractivity (Wildman–Crippen MR) is 99.1 cm³/mol. The van der Waals surface area contributed by atoms with E-state index in [9.17, 15) is 26.4 Å². The molecule has 0 saturated carbocycles. The monoisotopic (exact) mass is 412 g/mol. The summed E-state index contributed by atoms with van der Waals surface area (Å²) in [6.07, 6.45) is -3.30. The number of piperazine rings is 1. The van der Waals surface area contributed by atoms with Gasteiger partial charge in [-0.25, -0.2) is 8.42 Å². The maximum Gasteiger partial charge on any atom is 0.416 e. The number of alkyl halides is 3. The van der Waals surface area contributed by atoms with Crippen molar-refractivity contribution in [1.29, 1.82) is 0 Å². The molecule has 0 radical (unpaired) electrons. The van der Waals surface area contributed by atoms with Gasteiger partial charge in [0.05, 0.1) is 10.5 Å². The molecule has 0 spiro atoms. The summed E-state index contributed by atoms with van der Waals surface area (Å²) < 4.78 is 61.7. The van der Waals surface area contributed by atoms with Crippen LogP contribution in [-0.4, -0.2) is 51.7 Å². The minimum Gasteiger partial charge on any atom is -0.368 e. The number of sulfone groups is 1. The molecule has 2 aromatic carbocycles. The topological polar surface area (TPSA) is 57.7 Å². The van der Waals surface area contributed by atoms with E-state index in [1.54, 1.807) is 11.0 Å². The van der Waals surface area contributed by atoms with Gasteiger partial charge < -0.3 is 9.80 Å². The molecule has 150 valence electrons. The molecule has 28 heavy (non-hydrogen) atoms. The van der Waals surface area contributed by atoms with Crippen LogP contribution in [0.4, 0.5) is 18.9 Å². The standard InChI is InChI=1S/C19H19F3N2O3S/c1-28(26,27)17-7-5-14(6-8-17)18(25)24-11-9-23(10-12-24)16-4-2-3-15(13-16)19(20,21)22/h2-8,13H,9-12H2,1H3. The molecule has 0 atom stereocenters. The summed E-state index contributed by atoms with van der Waals surface area (Å²) in [5.41, 5.74) is 0.147. The second kappa shape index (κ2) is 7.46. The van der Waals surface area contributed by atoms with Crippen molar-refractivity contribution in [1.82, 2.24) is 4.90 Å². The molecular weight excluding hydrogens is 393 g/mol. The van der Waals surface area contributed by atoms with Crippen molar-refractivity contribution in [3.8, 4) is 0 Å². The highest BCUT2D eigenvalue weighted by Crippen LogP contribution is 2.32. The van der Waals surface area contributed by atoms with E-state index in [0.717, 1.165) is 18.4 Å². The minimum atomic E-state index is -4.40. The van der Waals surface area contributed by atoms with Gasteiger partial charge in [-0.2, -0.15) is 13.2 Å². The Balaban J connectivity index is 1.66. The number of anilines is 1. The third-order valence-corrected chi connectivity index (χ3v) is 5.76. The van der Waals surface area contributed by atoms with Crippen LogP contribution >= 0.6 is 0 Å². The zero-order valence-corrected chi connectivity index (χ0v) is 15.9. The average molecular weight is 412 g/mol. The molecule has 0 unspecified atom stereocenters. The zero-order chi connectivity index (χ0) is 20.5. The third-order valence-electron chi connectivity index (χ3n) is 4.63. The molecule has 0 bridgehead atoms. The number of carbonyl (C=O) groups excluding carboxylic acids is 1. The summed E-state index contributed by atoms with van der Waals surface area (Å²) in [6.45, 7) is 1.55. The maximum absolute atomic E-state index is 12.9. The van der Waals surface area contributed by atoms with Gasteiger partial charge in [0.1, 0.15) is 0 Å². The Bertz CT molecular complexity index is 965. The van der Waals surface area contributed by atoms with Crippen molar-refractivity contribution in [2.45, 2.75) is 11.1 Å². The van der Waals surface area contributed by atoms with Crippen LogP contribution in [0.2, 0.25) is 0 Å². The molecule has 0 N–H and O–H groups in total. The number of hydrogen-bond acceptors (Lipinski definition) is 4. The fourth-order valence-electron chi connectivity index (χ4n) is 3.07. The van der Waals surface area contributed by atoms with E-state index in [-0.39, 0.29) is 10.8 Å². The average Bonchev–Trinajstić information content (AvgIpc) is 2.66. The molecule has 3 rings (SSSR count). The molecule has 1 amide bonds. The molecule has 1 aliphatic heterocycles. The van der Waals surface area contributed by atoms with Crippen LogP contribution in [0.15, 0.2) is 53.4 Å².